The maximum absolute atomic E-state index is 13.4. The second-order valence-electron chi connectivity index (χ2n) is 12.7. The van der Waals surface area contributed by atoms with E-state index in [9.17, 15) is 29.1 Å². The van der Waals surface area contributed by atoms with Crippen molar-refractivity contribution in [1.82, 2.24) is 16.0 Å². The van der Waals surface area contributed by atoms with E-state index in [2.05, 4.69) is 29.1 Å². The zero-order valence-corrected chi connectivity index (χ0v) is 29.8. The zero-order chi connectivity index (χ0) is 38.2. The van der Waals surface area contributed by atoms with Gasteiger partial charge in [0.05, 0.1) is 12.5 Å². The summed E-state index contributed by atoms with van der Waals surface area (Å²) in [5.74, 6) is -4.00. The van der Waals surface area contributed by atoms with Gasteiger partial charge >= 0.3 is 18.0 Å². The van der Waals surface area contributed by atoms with Crippen LogP contribution >= 0.6 is 0 Å². The summed E-state index contributed by atoms with van der Waals surface area (Å²) in [5.41, 5.74) is 4.91. The van der Waals surface area contributed by atoms with Crippen LogP contribution in [-0.2, 0) is 40.0 Å². The first-order chi connectivity index (χ1) is 25.6. The number of allylic oxidation sites excluding steroid dienone is 2. The number of hydrogen-bond donors (Lipinski definition) is 4. The summed E-state index contributed by atoms with van der Waals surface area (Å²) in [5, 5.41) is 17.0. The fourth-order valence-corrected chi connectivity index (χ4v) is 5.96. The number of aliphatic hydroxyl groups is 1. The minimum absolute atomic E-state index is 0.0350. The van der Waals surface area contributed by atoms with Crippen molar-refractivity contribution < 1.29 is 43.3 Å². The van der Waals surface area contributed by atoms with Crippen molar-refractivity contribution in [3.05, 3.63) is 121 Å². The summed E-state index contributed by atoms with van der Waals surface area (Å²) in [6, 6.07) is 21.6. The van der Waals surface area contributed by atoms with E-state index >= 15 is 0 Å². The Kier molecular flexibility index (Phi) is 15.4. The van der Waals surface area contributed by atoms with Crippen molar-refractivity contribution in [1.29, 1.82) is 0 Å². The normalized spacial score (nSPS) is 13.8. The van der Waals surface area contributed by atoms with E-state index in [0.717, 1.165) is 22.3 Å². The van der Waals surface area contributed by atoms with Gasteiger partial charge in [0.1, 0.15) is 25.9 Å². The fourth-order valence-electron chi connectivity index (χ4n) is 5.96. The van der Waals surface area contributed by atoms with Gasteiger partial charge in [0, 0.05) is 18.4 Å². The van der Waals surface area contributed by atoms with E-state index in [4.69, 9.17) is 14.2 Å². The quantitative estimate of drug-likeness (QED) is 0.0732. The first-order valence-corrected chi connectivity index (χ1v) is 17.6. The van der Waals surface area contributed by atoms with E-state index in [0.29, 0.717) is 12.0 Å². The zero-order valence-electron chi connectivity index (χ0n) is 29.8. The molecule has 0 fully saturated rings. The van der Waals surface area contributed by atoms with Crippen LogP contribution in [0.2, 0.25) is 0 Å². The third kappa shape index (κ3) is 11.6. The average molecular weight is 726 g/mol. The number of aliphatic hydroxyl groups excluding tert-OH is 1. The smallest absolute Gasteiger partial charge is 0.407 e. The van der Waals surface area contributed by atoms with Crippen LogP contribution in [0, 0.1) is 5.92 Å². The first kappa shape index (κ1) is 40.0. The Balaban J connectivity index is 1.42. The number of amides is 3. The Morgan fingerprint density at radius 2 is 1.40 bits per heavy atom. The number of esters is 2. The van der Waals surface area contributed by atoms with Crippen LogP contribution in [0.3, 0.4) is 0 Å². The standard InChI is InChI=1S/C41H47N3O9/c1-4-6-21-35(44-41(50)53-25-34-32-19-12-10-17-30(32)31-18-11-13-20-33(31)34)39(48)52-26-36(40(49)51-24-28-15-8-7-9-16-28)43-38(47)29(14-5-2)22-37(46)42-27(3)23-45/h4-5,7-13,15-20,27,29,34-36,45H,1-2,6,14,21-26H2,3H3,(H,42,46)(H,43,47)(H,44,50)/t27-,29+,35-,36+/m0/s1. The van der Waals surface area contributed by atoms with E-state index in [1.165, 1.54) is 6.08 Å². The molecule has 0 unspecified atom stereocenters. The average Bonchev–Trinajstić information content (AvgIpc) is 3.49. The number of hydrogen-bond acceptors (Lipinski definition) is 9. The number of ether oxygens (including phenoxy) is 3. The molecule has 0 aliphatic heterocycles. The Labute approximate surface area is 309 Å². The lowest BCUT2D eigenvalue weighted by Gasteiger charge is -2.23. The Morgan fingerprint density at radius 1 is 0.774 bits per heavy atom. The molecule has 3 aromatic rings. The van der Waals surface area contributed by atoms with Crippen LogP contribution in [0.25, 0.3) is 11.1 Å². The van der Waals surface area contributed by atoms with Gasteiger partial charge < -0.3 is 35.3 Å². The molecule has 12 heteroatoms. The molecule has 3 aromatic carbocycles. The number of carbonyl (C=O) groups is 5. The molecule has 3 amide bonds. The monoisotopic (exact) mass is 725 g/mol. The van der Waals surface area contributed by atoms with Crippen molar-refractivity contribution in [2.24, 2.45) is 5.92 Å². The fraction of sp³-hybridized carbons (Fsp3) is 0.341. The Morgan fingerprint density at radius 3 is 2.02 bits per heavy atom. The summed E-state index contributed by atoms with van der Waals surface area (Å²) in [4.78, 5) is 65.7. The minimum Gasteiger partial charge on any atom is -0.461 e. The van der Waals surface area contributed by atoms with Crippen molar-refractivity contribution in [2.45, 2.75) is 63.3 Å². The lowest BCUT2D eigenvalue weighted by atomic mass is 9.98. The molecular weight excluding hydrogens is 678 g/mol. The molecule has 4 rings (SSSR count). The van der Waals surface area contributed by atoms with Gasteiger partial charge in [-0.15, -0.1) is 13.2 Å². The molecule has 280 valence electrons. The van der Waals surface area contributed by atoms with Gasteiger partial charge in [-0.2, -0.15) is 0 Å². The maximum Gasteiger partial charge on any atom is 0.407 e. The predicted octanol–water partition coefficient (Wildman–Crippen LogP) is 4.71. The summed E-state index contributed by atoms with van der Waals surface area (Å²) in [6.07, 6.45) is 2.56. The second kappa shape index (κ2) is 20.3. The molecule has 1 aliphatic carbocycles. The van der Waals surface area contributed by atoms with Gasteiger partial charge in [0.15, 0.2) is 6.04 Å². The van der Waals surface area contributed by atoms with Gasteiger partial charge in [-0.25, -0.2) is 14.4 Å². The molecule has 0 radical (unpaired) electrons. The highest BCUT2D eigenvalue weighted by atomic mass is 16.6. The largest absolute Gasteiger partial charge is 0.461 e. The minimum atomic E-state index is -1.45. The van der Waals surface area contributed by atoms with Crippen LogP contribution < -0.4 is 16.0 Å². The molecule has 0 aromatic heterocycles. The summed E-state index contributed by atoms with van der Waals surface area (Å²) in [6.45, 7) is 7.99. The van der Waals surface area contributed by atoms with Crippen LogP contribution in [0.5, 0.6) is 0 Å². The summed E-state index contributed by atoms with van der Waals surface area (Å²) < 4.78 is 16.6. The number of nitrogens with one attached hydrogen (secondary N) is 3. The lowest BCUT2D eigenvalue weighted by molar-refractivity contribution is -0.156. The van der Waals surface area contributed by atoms with E-state index < -0.39 is 60.5 Å². The van der Waals surface area contributed by atoms with Crippen LogP contribution in [0.1, 0.15) is 55.2 Å². The lowest BCUT2D eigenvalue weighted by Crippen LogP contribution is -2.49. The molecule has 0 bridgehead atoms. The van der Waals surface area contributed by atoms with Crippen molar-refractivity contribution in [3.63, 3.8) is 0 Å². The number of rotatable bonds is 20. The highest BCUT2D eigenvalue weighted by Gasteiger charge is 2.32. The highest BCUT2D eigenvalue weighted by molar-refractivity contribution is 5.90. The SMILES string of the molecule is C=CCC[C@H](NC(=O)OCC1c2ccccc2-c2ccccc21)C(=O)OC[C@@H](NC(=O)[C@H](CC=C)CC(=O)N[C@@H](C)CO)C(=O)OCc1ccccc1. The van der Waals surface area contributed by atoms with E-state index in [1.807, 2.05) is 54.6 Å². The van der Waals surface area contributed by atoms with Crippen LogP contribution in [0.15, 0.2) is 104 Å². The number of carbonyl (C=O) groups excluding carboxylic acids is 5. The maximum atomic E-state index is 13.4. The van der Waals surface area contributed by atoms with Gasteiger partial charge in [0.25, 0.3) is 0 Å². The molecule has 12 nitrogen and oxygen atoms in total. The molecule has 0 saturated carbocycles. The second-order valence-corrected chi connectivity index (χ2v) is 12.7. The molecular formula is C41H47N3O9. The Bertz CT molecular complexity index is 1700. The Hall–Kier alpha value is -5.75. The van der Waals surface area contributed by atoms with Crippen molar-refractivity contribution >= 4 is 29.8 Å². The van der Waals surface area contributed by atoms with Crippen molar-refractivity contribution in [3.8, 4) is 11.1 Å². The van der Waals surface area contributed by atoms with E-state index in [-0.39, 0.29) is 45.0 Å². The molecule has 53 heavy (non-hydrogen) atoms. The molecule has 4 N–H and O–H groups in total. The van der Waals surface area contributed by atoms with Gasteiger partial charge in [0.2, 0.25) is 11.8 Å². The number of benzene rings is 3. The third-order valence-corrected chi connectivity index (χ3v) is 8.73. The third-order valence-electron chi connectivity index (χ3n) is 8.73. The number of fused-ring (bicyclic) bond motifs is 3. The molecule has 0 heterocycles. The van der Waals surface area contributed by atoms with Crippen LogP contribution in [0.4, 0.5) is 4.79 Å². The van der Waals surface area contributed by atoms with Gasteiger partial charge in [-0.05, 0) is 54.0 Å². The van der Waals surface area contributed by atoms with Crippen LogP contribution in [-0.4, -0.2) is 72.9 Å². The first-order valence-electron chi connectivity index (χ1n) is 17.6. The van der Waals surface area contributed by atoms with Gasteiger partial charge in [-0.3, -0.25) is 9.59 Å². The summed E-state index contributed by atoms with van der Waals surface area (Å²) in [7, 11) is 0. The molecule has 0 saturated heterocycles. The molecule has 4 atom stereocenters. The van der Waals surface area contributed by atoms with Crippen molar-refractivity contribution in [2.75, 3.05) is 19.8 Å². The molecule has 1 aliphatic rings. The van der Waals surface area contributed by atoms with Gasteiger partial charge in [-0.1, -0.05) is 91.0 Å². The van der Waals surface area contributed by atoms with E-state index in [1.54, 1.807) is 37.3 Å². The highest BCUT2D eigenvalue weighted by Crippen LogP contribution is 2.44. The topological polar surface area (TPSA) is 169 Å². The number of alkyl carbamates (subject to hydrolysis) is 1. The summed E-state index contributed by atoms with van der Waals surface area (Å²) >= 11 is 0. The molecule has 0 spiro atoms. The predicted molar refractivity (Wildman–Crippen MR) is 198 cm³/mol.